The lowest BCUT2D eigenvalue weighted by Gasteiger charge is -2.20. The lowest BCUT2D eigenvalue weighted by Crippen LogP contribution is -2.23. The van der Waals surface area contributed by atoms with Gasteiger partial charge in [0.2, 0.25) is 5.78 Å². The van der Waals surface area contributed by atoms with Crippen LogP contribution >= 0.6 is 34.8 Å². The van der Waals surface area contributed by atoms with Gasteiger partial charge in [-0.05, 0) is 69.9 Å². The molecule has 0 saturated carbocycles. The van der Waals surface area contributed by atoms with Crippen LogP contribution in [0.1, 0.15) is 94.1 Å². The van der Waals surface area contributed by atoms with Gasteiger partial charge >= 0.3 is 5.97 Å². The highest BCUT2D eigenvalue weighted by molar-refractivity contribution is 6.35. The Morgan fingerprint density at radius 1 is 0.809 bits per heavy atom. The van der Waals surface area contributed by atoms with Crippen LogP contribution < -0.4 is 0 Å². The van der Waals surface area contributed by atoms with Crippen molar-refractivity contribution in [2.75, 3.05) is 13.7 Å². The first-order valence-electron chi connectivity index (χ1n) is 16.1. The van der Waals surface area contributed by atoms with Crippen LogP contribution in [0.3, 0.4) is 0 Å². The Morgan fingerprint density at radius 2 is 1.43 bits per heavy atom. The van der Waals surface area contributed by atoms with Gasteiger partial charge < -0.3 is 9.47 Å². The van der Waals surface area contributed by atoms with Crippen LogP contribution in [0.4, 0.5) is 0 Å². The number of esters is 1. The van der Waals surface area contributed by atoms with Gasteiger partial charge in [0.15, 0.2) is 17.2 Å². The largest absolute Gasteiger partial charge is 0.492 e. The van der Waals surface area contributed by atoms with Gasteiger partial charge in [-0.3, -0.25) is 9.59 Å². The number of hydrogen-bond acceptors (Lipinski definition) is 6. The SMILES string of the molecule is CCC1=C(OC)C(=O)C(C)=C(CCCCCCCCCCOC(=O)c2nn(-c3ccc(Cl)cc3Cl)c(-c3ccc(Cl)cc3)c2C)C1=O. The van der Waals surface area contributed by atoms with Gasteiger partial charge in [-0.2, -0.15) is 5.10 Å². The summed E-state index contributed by atoms with van der Waals surface area (Å²) >= 11 is 18.8. The molecule has 250 valence electrons. The number of methoxy groups -OCH3 is 1. The minimum Gasteiger partial charge on any atom is -0.492 e. The Bertz CT molecular complexity index is 1690. The molecule has 0 fully saturated rings. The zero-order valence-corrected chi connectivity index (χ0v) is 29.7. The molecule has 0 aliphatic heterocycles. The number of nitrogens with zero attached hydrogens (tertiary/aromatic N) is 2. The van der Waals surface area contributed by atoms with Gasteiger partial charge in [-0.15, -0.1) is 0 Å². The van der Waals surface area contributed by atoms with Crippen LogP contribution in [-0.4, -0.2) is 41.0 Å². The first-order valence-corrected chi connectivity index (χ1v) is 17.3. The third-order valence-corrected chi connectivity index (χ3v) is 9.29. The topological polar surface area (TPSA) is 87.5 Å². The van der Waals surface area contributed by atoms with Crippen LogP contribution in [0.25, 0.3) is 16.9 Å². The van der Waals surface area contributed by atoms with Crippen molar-refractivity contribution in [3.05, 3.63) is 91.3 Å². The molecule has 0 unspecified atom stereocenters. The highest BCUT2D eigenvalue weighted by atomic mass is 35.5. The number of aromatic nitrogens is 2. The number of ether oxygens (including phenoxy) is 2. The van der Waals surface area contributed by atoms with Crippen molar-refractivity contribution in [1.82, 2.24) is 9.78 Å². The second kappa shape index (κ2) is 17.1. The Kier molecular flexibility index (Phi) is 13.3. The monoisotopic (exact) mass is 698 g/mol. The van der Waals surface area contributed by atoms with Crippen molar-refractivity contribution in [3.63, 3.8) is 0 Å². The molecule has 3 aromatic rings. The van der Waals surface area contributed by atoms with E-state index in [2.05, 4.69) is 5.10 Å². The second-order valence-corrected chi connectivity index (χ2v) is 13.0. The van der Waals surface area contributed by atoms with Crippen molar-refractivity contribution in [2.45, 2.75) is 85.0 Å². The predicted molar refractivity (Wildman–Crippen MR) is 188 cm³/mol. The van der Waals surface area contributed by atoms with Crippen molar-refractivity contribution in [3.8, 4) is 16.9 Å². The predicted octanol–water partition coefficient (Wildman–Crippen LogP) is 10.3. The summed E-state index contributed by atoms with van der Waals surface area (Å²) in [5.74, 6) is -0.495. The van der Waals surface area contributed by atoms with Gasteiger partial charge in [-0.25, -0.2) is 9.48 Å². The summed E-state index contributed by atoms with van der Waals surface area (Å²) in [5.41, 5.74) is 4.68. The smallest absolute Gasteiger partial charge is 0.359 e. The molecule has 47 heavy (non-hydrogen) atoms. The van der Waals surface area contributed by atoms with Gasteiger partial charge in [0, 0.05) is 37.9 Å². The fraction of sp³-hybridized carbons (Fsp3) is 0.405. The second-order valence-electron chi connectivity index (χ2n) is 11.7. The van der Waals surface area contributed by atoms with E-state index in [0.717, 1.165) is 56.9 Å². The number of Topliss-reactive ketones (excluding diaryl/α,β-unsaturated/α-hetero) is 2. The summed E-state index contributed by atoms with van der Waals surface area (Å²) in [7, 11) is 1.44. The maximum Gasteiger partial charge on any atom is 0.359 e. The Morgan fingerprint density at radius 3 is 2.04 bits per heavy atom. The molecular formula is C37H41Cl3N2O5. The van der Waals surface area contributed by atoms with Crippen LogP contribution in [0, 0.1) is 6.92 Å². The molecule has 1 aromatic heterocycles. The van der Waals surface area contributed by atoms with Crippen LogP contribution in [0.2, 0.25) is 15.1 Å². The highest BCUT2D eigenvalue weighted by Crippen LogP contribution is 2.34. The highest BCUT2D eigenvalue weighted by Gasteiger charge is 2.32. The molecule has 2 aromatic carbocycles. The third-order valence-electron chi connectivity index (χ3n) is 8.50. The van der Waals surface area contributed by atoms with Crippen molar-refractivity contribution in [2.24, 2.45) is 0 Å². The van der Waals surface area contributed by atoms with Gasteiger partial charge in [0.1, 0.15) is 0 Å². The van der Waals surface area contributed by atoms with Gasteiger partial charge in [-0.1, -0.05) is 92.4 Å². The third kappa shape index (κ3) is 8.75. The number of carbonyl (C=O) groups is 3. The van der Waals surface area contributed by atoms with E-state index in [4.69, 9.17) is 44.3 Å². The van der Waals surface area contributed by atoms with Gasteiger partial charge in [0.05, 0.1) is 30.1 Å². The quantitative estimate of drug-likeness (QED) is 0.0840. The standard InChI is InChI=1S/C37H41Cl3N2O5/c1-5-28-35(44)29(23(2)34(43)36(28)46-4)14-12-10-8-6-7-9-11-13-21-47-37(45)32-24(3)33(25-15-17-26(38)18-16-25)42(41-32)31-20-19-27(39)22-30(31)40/h15-20,22H,5-14,21H2,1-4H3. The average Bonchev–Trinajstić information content (AvgIpc) is 3.39. The zero-order chi connectivity index (χ0) is 34.1. The molecule has 1 aliphatic carbocycles. The summed E-state index contributed by atoms with van der Waals surface area (Å²) in [5, 5.41) is 6.13. The van der Waals surface area contributed by atoms with Crippen molar-refractivity contribution in [1.29, 1.82) is 0 Å². The fourth-order valence-electron chi connectivity index (χ4n) is 5.90. The number of benzene rings is 2. The number of allylic oxidation sites excluding steroid dienone is 3. The molecule has 1 heterocycles. The summed E-state index contributed by atoms with van der Waals surface area (Å²) < 4.78 is 12.5. The summed E-state index contributed by atoms with van der Waals surface area (Å²) in [4.78, 5) is 38.6. The molecule has 0 radical (unpaired) electrons. The fourth-order valence-corrected chi connectivity index (χ4v) is 6.51. The lowest BCUT2D eigenvalue weighted by molar-refractivity contribution is -0.119. The van der Waals surface area contributed by atoms with Crippen LogP contribution in [0.5, 0.6) is 0 Å². The number of rotatable bonds is 16. The van der Waals surface area contributed by atoms with E-state index in [1.54, 1.807) is 41.9 Å². The Balaban J connectivity index is 1.21. The molecule has 0 N–H and O–H groups in total. The van der Waals surface area contributed by atoms with E-state index in [1.807, 2.05) is 26.0 Å². The van der Waals surface area contributed by atoms with E-state index in [9.17, 15) is 14.4 Å². The first-order chi connectivity index (χ1) is 22.6. The molecular weight excluding hydrogens is 659 g/mol. The molecule has 0 saturated heterocycles. The molecule has 0 atom stereocenters. The molecule has 1 aliphatic rings. The maximum absolute atomic E-state index is 13.1. The van der Waals surface area contributed by atoms with Crippen molar-refractivity contribution >= 4 is 52.3 Å². The zero-order valence-electron chi connectivity index (χ0n) is 27.4. The Labute approximate surface area is 291 Å². The normalized spacial score (nSPS) is 13.5. The summed E-state index contributed by atoms with van der Waals surface area (Å²) in [6.45, 7) is 5.75. The maximum atomic E-state index is 13.1. The minimum absolute atomic E-state index is 0.0430. The molecule has 10 heteroatoms. The average molecular weight is 700 g/mol. The molecule has 0 bridgehead atoms. The van der Waals surface area contributed by atoms with E-state index in [-0.39, 0.29) is 23.0 Å². The van der Waals surface area contributed by atoms with Crippen LogP contribution in [-0.2, 0) is 19.1 Å². The van der Waals surface area contributed by atoms with E-state index < -0.39 is 5.97 Å². The molecule has 0 spiro atoms. The van der Waals surface area contributed by atoms with E-state index >= 15 is 0 Å². The number of ketones is 2. The molecule has 7 nitrogen and oxygen atoms in total. The minimum atomic E-state index is -0.481. The number of unbranched alkanes of at least 4 members (excludes halogenated alkanes) is 7. The van der Waals surface area contributed by atoms with Gasteiger partial charge in [0.25, 0.3) is 0 Å². The summed E-state index contributed by atoms with van der Waals surface area (Å²) in [6.07, 6.45) is 8.99. The number of halogens is 3. The lowest BCUT2D eigenvalue weighted by atomic mass is 9.85. The summed E-state index contributed by atoms with van der Waals surface area (Å²) in [6, 6.07) is 12.4. The Hall–Kier alpha value is -3.39. The van der Waals surface area contributed by atoms with Crippen molar-refractivity contribution < 1.29 is 23.9 Å². The number of hydrogen-bond donors (Lipinski definition) is 0. The number of carbonyl (C=O) groups excluding carboxylic acids is 3. The van der Waals surface area contributed by atoms with E-state index in [0.29, 0.717) is 68.2 Å². The molecule has 4 rings (SSSR count). The first kappa shape index (κ1) is 36.4. The molecule has 0 amide bonds. The van der Waals surface area contributed by atoms with E-state index in [1.165, 1.54) is 7.11 Å². The van der Waals surface area contributed by atoms with Crippen LogP contribution in [0.15, 0.2) is 64.9 Å².